The molecule has 3 aromatic rings. The third-order valence-corrected chi connectivity index (χ3v) is 4.67. The average molecular weight is 425 g/mol. The van der Waals surface area contributed by atoms with Crippen LogP contribution in [0.1, 0.15) is 62.6 Å². The second-order valence-corrected chi connectivity index (χ2v) is 7.75. The monoisotopic (exact) mass is 424 g/mol. The second kappa shape index (κ2) is 9.59. The number of benzene rings is 1. The van der Waals surface area contributed by atoms with Crippen LogP contribution in [0.4, 0.5) is 5.69 Å². The van der Waals surface area contributed by atoms with Gasteiger partial charge in [0.2, 0.25) is 0 Å². The van der Waals surface area contributed by atoms with Crippen LogP contribution in [0.3, 0.4) is 0 Å². The predicted octanol–water partition coefficient (Wildman–Crippen LogP) is 4.33. The number of pyridine rings is 1. The molecule has 31 heavy (non-hydrogen) atoms. The standard InChI is InChI=1S/C23H28N4O4/c1-6-30-17-9-7-16(8-10-17)25-21(28)13-31-23(29)18-11-20(14(2)3)26-22-19(18)12-24-27(22)15(4)5/h7-12,14-15H,6,13H2,1-5H3,(H,25,28). The first-order valence-corrected chi connectivity index (χ1v) is 10.4. The highest BCUT2D eigenvalue weighted by molar-refractivity contribution is 6.03. The number of ether oxygens (including phenoxy) is 2. The van der Waals surface area contributed by atoms with Gasteiger partial charge in [0.05, 0.1) is 23.8 Å². The summed E-state index contributed by atoms with van der Waals surface area (Å²) in [5.74, 6) is -0.171. The fourth-order valence-corrected chi connectivity index (χ4v) is 3.09. The summed E-state index contributed by atoms with van der Waals surface area (Å²) in [6.45, 7) is 10.1. The fraction of sp³-hybridized carbons (Fsp3) is 0.391. The van der Waals surface area contributed by atoms with E-state index in [1.54, 1.807) is 41.2 Å². The third-order valence-electron chi connectivity index (χ3n) is 4.67. The number of fused-ring (bicyclic) bond motifs is 1. The van der Waals surface area contributed by atoms with Crippen molar-refractivity contribution in [2.24, 2.45) is 0 Å². The minimum absolute atomic E-state index is 0.0937. The number of anilines is 1. The van der Waals surface area contributed by atoms with Crippen molar-refractivity contribution in [3.63, 3.8) is 0 Å². The number of aromatic nitrogens is 3. The minimum Gasteiger partial charge on any atom is -0.494 e. The van der Waals surface area contributed by atoms with Crippen molar-refractivity contribution in [2.75, 3.05) is 18.5 Å². The lowest BCUT2D eigenvalue weighted by atomic mass is 10.1. The molecule has 0 atom stereocenters. The zero-order chi connectivity index (χ0) is 22.5. The van der Waals surface area contributed by atoms with Crippen LogP contribution < -0.4 is 10.1 Å². The van der Waals surface area contributed by atoms with Crippen LogP contribution in [0, 0.1) is 0 Å². The van der Waals surface area contributed by atoms with Crippen LogP contribution in [-0.4, -0.2) is 39.9 Å². The average Bonchev–Trinajstić information content (AvgIpc) is 3.17. The number of nitrogens with one attached hydrogen (secondary N) is 1. The van der Waals surface area contributed by atoms with Crippen molar-refractivity contribution in [1.29, 1.82) is 0 Å². The second-order valence-electron chi connectivity index (χ2n) is 7.75. The molecule has 1 aromatic carbocycles. The van der Waals surface area contributed by atoms with E-state index in [0.29, 0.717) is 28.9 Å². The lowest BCUT2D eigenvalue weighted by molar-refractivity contribution is -0.119. The Morgan fingerprint density at radius 1 is 1.13 bits per heavy atom. The molecule has 0 bridgehead atoms. The van der Waals surface area contributed by atoms with Gasteiger partial charge in [-0.2, -0.15) is 5.10 Å². The molecule has 8 heteroatoms. The lowest BCUT2D eigenvalue weighted by Crippen LogP contribution is -2.21. The van der Waals surface area contributed by atoms with Gasteiger partial charge in [0, 0.05) is 17.4 Å². The van der Waals surface area contributed by atoms with Crippen LogP contribution in [0.15, 0.2) is 36.5 Å². The summed E-state index contributed by atoms with van der Waals surface area (Å²) < 4.78 is 12.4. The largest absolute Gasteiger partial charge is 0.494 e. The number of rotatable bonds is 8. The van der Waals surface area contributed by atoms with Gasteiger partial charge >= 0.3 is 5.97 Å². The number of esters is 1. The molecule has 0 radical (unpaired) electrons. The van der Waals surface area contributed by atoms with Gasteiger partial charge in [0.15, 0.2) is 12.3 Å². The molecular weight excluding hydrogens is 396 g/mol. The molecule has 1 N–H and O–H groups in total. The van der Waals surface area contributed by atoms with E-state index in [9.17, 15) is 9.59 Å². The first kappa shape index (κ1) is 22.3. The molecule has 0 aliphatic heterocycles. The van der Waals surface area contributed by atoms with Crippen LogP contribution in [-0.2, 0) is 9.53 Å². The highest BCUT2D eigenvalue weighted by Gasteiger charge is 2.20. The van der Waals surface area contributed by atoms with Crippen LogP contribution in [0.25, 0.3) is 11.0 Å². The van der Waals surface area contributed by atoms with Crippen molar-refractivity contribution >= 4 is 28.6 Å². The van der Waals surface area contributed by atoms with Crippen molar-refractivity contribution in [3.8, 4) is 5.75 Å². The zero-order valence-corrected chi connectivity index (χ0v) is 18.5. The molecule has 0 saturated heterocycles. The Bertz CT molecular complexity index is 1070. The number of carbonyl (C=O) groups excluding carboxylic acids is 2. The van der Waals surface area contributed by atoms with E-state index in [4.69, 9.17) is 9.47 Å². The van der Waals surface area contributed by atoms with Gasteiger partial charge in [-0.1, -0.05) is 13.8 Å². The predicted molar refractivity (Wildman–Crippen MR) is 119 cm³/mol. The number of amides is 1. The molecule has 2 heterocycles. The Kier molecular flexibility index (Phi) is 6.89. The van der Waals surface area contributed by atoms with Crippen molar-refractivity contribution in [1.82, 2.24) is 14.8 Å². The van der Waals surface area contributed by atoms with Crippen LogP contribution >= 0.6 is 0 Å². The zero-order valence-electron chi connectivity index (χ0n) is 18.5. The van der Waals surface area contributed by atoms with E-state index in [0.717, 1.165) is 11.4 Å². The molecule has 2 aromatic heterocycles. The van der Waals surface area contributed by atoms with Crippen molar-refractivity contribution < 1.29 is 19.1 Å². The molecule has 0 spiro atoms. The quantitative estimate of drug-likeness (QED) is 0.541. The van der Waals surface area contributed by atoms with Crippen molar-refractivity contribution in [2.45, 2.75) is 46.6 Å². The maximum Gasteiger partial charge on any atom is 0.339 e. The SMILES string of the molecule is CCOc1ccc(NC(=O)COC(=O)c2cc(C(C)C)nc3c2cnn3C(C)C)cc1. The molecule has 0 unspecified atom stereocenters. The van der Waals surface area contributed by atoms with Gasteiger partial charge < -0.3 is 14.8 Å². The van der Waals surface area contributed by atoms with E-state index in [1.807, 2.05) is 34.6 Å². The Morgan fingerprint density at radius 2 is 1.84 bits per heavy atom. The highest BCUT2D eigenvalue weighted by Crippen LogP contribution is 2.25. The third kappa shape index (κ3) is 5.20. The van der Waals surface area contributed by atoms with Gasteiger partial charge in [-0.05, 0) is 57.0 Å². The summed E-state index contributed by atoms with van der Waals surface area (Å²) in [6.07, 6.45) is 1.61. The Hall–Kier alpha value is -3.42. The summed E-state index contributed by atoms with van der Waals surface area (Å²) in [5.41, 5.74) is 2.35. The lowest BCUT2D eigenvalue weighted by Gasteiger charge is -2.12. The molecule has 8 nitrogen and oxygen atoms in total. The normalized spacial score (nSPS) is 11.2. The Balaban J connectivity index is 1.73. The topological polar surface area (TPSA) is 95.3 Å². The maximum atomic E-state index is 12.8. The van der Waals surface area contributed by atoms with Crippen molar-refractivity contribution in [3.05, 3.63) is 47.8 Å². The molecule has 0 fully saturated rings. The number of carbonyl (C=O) groups is 2. The minimum atomic E-state index is -0.584. The summed E-state index contributed by atoms with van der Waals surface area (Å²) in [5, 5.41) is 7.68. The first-order chi connectivity index (χ1) is 14.8. The molecule has 0 aliphatic rings. The molecule has 164 valence electrons. The van der Waals surface area contributed by atoms with Gasteiger partial charge in [0.25, 0.3) is 5.91 Å². The highest BCUT2D eigenvalue weighted by atomic mass is 16.5. The molecule has 0 aliphatic carbocycles. The van der Waals surface area contributed by atoms with E-state index in [-0.39, 0.29) is 12.0 Å². The molecule has 0 saturated carbocycles. The van der Waals surface area contributed by atoms with Gasteiger partial charge in [-0.3, -0.25) is 4.79 Å². The Morgan fingerprint density at radius 3 is 2.45 bits per heavy atom. The van der Waals surface area contributed by atoms with E-state index in [2.05, 4.69) is 15.4 Å². The number of hydrogen-bond donors (Lipinski definition) is 1. The van der Waals surface area contributed by atoms with Gasteiger partial charge in [0.1, 0.15) is 5.75 Å². The summed E-state index contributed by atoms with van der Waals surface area (Å²) in [6, 6.07) is 8.79. The molecule has 1 amide bonds. The smallest absolute Gasteiger partial charge is 0.339 e. The van der Waals surface area contributed by atoms with E-state index in [1.165, 1.54) is 0 Å². The fourth-order valence-electron chi connectivity index (χ4n) is 3.09. The van der Waals surface area contributed by atoms with Crippen LogP contribution in [0.2, 0.25) is 0 Å². The van der Waals surface area contributed by atoms with Crippen LogP contribution in [0.5, 0.6) is 5.75 Å². The number of nitrogens with zero attached hydrogens (tertiary/aromatic N) is 3. The summed E-state index contributed by atoms with van der Waals surface area (Å²) in [4.78, 5) is 29.7. The van der Waals surface area contributed by atoms with Gasteiger partial charge in [-0.25, -0.2) is 14.5 Å². The number of hydrogen-bond acceptors (Lipinski definition) is 6. The van der Waals surface area contributed by atoms with E-state index >= 15 is 0 Å². The van der Waals surface area contributed by atoms with Gasteiger partial charge in [-0.15, -0.1) is 0 Å². The molecular formula is C23H28N4O4. The summed E-state index contributed by atoms with van der Waals surface area (Å²) >= 11 is 0. The Labute approximate surface area is 181 Å². The van der Waals surface area contributed by atoms with E-state index < -0.39 is 18.5 Å². The summed E-state index contributed by atoms with van der Waals surface area (Å²) in [7, 11) is 0. The first-order valence-electron chi connectivity index (χ1n) is 10.4. The molecule has 3 rings (SSSR count). The maximum absolute atomic E-state index is 12.8.